The van der Waals surface area contributed by atoms with E-state index in [4.69, 9.17) is 4.74 Å². The molecule has 0 spiro atoms. The highest BCUT2D eigenvalue weighted by Crippen LogP contribution is 2.17. The minimum Gasteiger partial charge on any atom is -0.497 e. The van der Waals surface area contributed by atoms with Crippen LogP contribution in [0.3, 0.4) is 0 Å². The quantitative estimate of drug-likeness (QED) is 0.871. The van der Waals surface area contributed by atoms with Crippen molar-refractivity contribution in [2.75, 3.05) is 31.8 Å². The summed E-state index contributed by atoms with van der Waals surface area (Å²) in [6, 6.07) is 6.76. The van der Waals surface area contributed by atoms with Crippen LogP contribution in [0.2, 0.25) is 0 Å². The van der Waals surface area contributed by atoms with E-state index < -0.39 is 10.0 Å². The highest BCUT2D eigenvalue weighted by atomic mass is 32.2. The Morgan fingerprint density at radius 1 is 1.32 bits per heavy atom. The molecule has 0 radical (unpaired) electrons. The van der Waals surface area contributed by atoms with E-state index in [1.807, 2.05) is 0 Å². The Kier molecular flexibility index (Phi) is 5.25. The largest absolute Gasteiger partial charge is 0.497 e. The van der Waals surface area contributed by atoms with E-state index in [9.17, 15) is 13.2 Å². The maximum Gasteiger partial charge on any atom is 0.319 e. The third-order valence-corrected chi connectivity index (χ3v) is 4.89. The Balaban J connectivity index is 1.83. The molecule has 122 valence electrons. The molecule has 1 saturated heterocycles. The van der Waals surface area contributed by atoms with Crippen molar-refractivity contribution in [3.63, 3.8) is 0 Å². The van der Waals surface area contributed by atoms with Gasteiger partial charge in [0.1, 0.15) is 5.75 Å². The van der Waals surface area contributed by atoms with Crippen molar-refractivity contribution in [1.82, 2.24) is 9.62 Å². The predicted octanol–water partition coefficient (Wildman–Crippen LogP) is 1.24. The topological polar surface area (TPSA) is 87.7 Å². The van der Waals surface area contributed by atoms with Gasteiger partial charge in [-0.2, -0.15) is 0 Å². The average Bonchev–Trinajstić information content (AvgIpc) is 2.47. The molecule has 0 unspecified atom stereocenters. The number of methoxy groups -OCH3 is 1. The van der Waals surface area contributed by atoms with Gasteiger partial charge in [0, 0.05) is 30.9 Å². The van der Waals surface area contributed by atoms with E-state index in [1.165, 1.54) is 10.6 Å². The van der Waals surface area contributed by atoms with Crippen LogP contribution in [0.5, 0.6) is 5.75 Å². The zero-order valence-electron chi connectivity index (χ0n) is 12.7. The molecule has 0 atom stereocenters. The number of ether oxygens (including phenoxy) is 1. The van der Waals surface area contributed by atoms with Crippen LogP contribution in [0.1, 0.15) is 12.8 Å². The number of piperidine rings is 1. The third kappa shape index (κ3) is 4.60. The van der Waals surface area contributed by atoms with E-state index in [2.05, 4.69) is 10.6 Å². The molecule has 2 N–H and O–H groups in total. The monoisotopic (exact) mass is 327 g/mol. The number of carbonyl (C=O) groups excluding carboxylic acids is 1. The van der Waals surface area contributed by atoms with Crippen LogP contribution in [0.4, 0.5) is 10.5 Å². The van der Waals surface area contributed by atoms with Crippen LogP contribution in [-0.2, 0) is 10.0 Å². The Labute approximate surface area is 130 Å². The minimum absolute atomic E-state index is 0.0244. The summed E-state index contributed by atoms with van der Waals surface area (Å²) in [4.78, 5) is 12.0. The standard InChI is InChI=1S/C14H21N3O4S/c1-21-13-5-3-4-12(10-13)16-14(18)15-11-6-8-17(9-7-11)22(2,19)20/h3-5,10-11H,6-9H2,1-2H3,(H2,15,16,18). The van der Waals surface area contributed by atoms with Gasteiger partial charge in [0.05, 0.1) is 13.4 Å². The lowest BCUT2D eigenvalue weighted by molar-refractivity contribution is 0.238. The minimum atomic E-state index is -3.14. The first-order chi connectivity index (χ1) is 10.4. The van der Waals surface area contributed by atoms with Gasteiger partial charge in [-0.05, 0) is 25.0 Å². The maximum absolute atomic E-state index is 12.0. The molecule has 0 bridgehead atoms. The van der Waals surface area contributed by atoms with E-state index in [1.54, 1.807) is 31.4 Å². The molecule has 2 rings (SSSR count). The van der Waals surface area contributed by atoms with Gasteiger partial charge in [-0.25, -0.2) is 17.5 Å². The molecule has 0 saturated carbocycles. The van der Waals surface area contributed by atoms with Crippen LogP contribution in [0.15, 0.2) is 24.3 Å². The maximum atomic E-state index is 12.0. The Bertz CT molecular complexity index is 625. The third-order valence-electron chi connectivity index (χ3n) is 3.59. The number of rotatable bonds is 4. The molecule has 8 heteroatoms. The average molecular weight is 327 g/mol. The number of hydrogen-bond donors (Lipinski definition) is 2. The number of sulfonamides is 1. The van der Waals surface area contributed by atoms with Gasteiger partial charge in [0.25, 0.3) is 0 Å². The van der Waals surface area contributed by atoms with Crippen LogP contribution in [0, 0.1) is 0 Å². The fraction of sp³-hybridized carbons (Fsp3) is 0.500. The molecular weight excluding hydrogens is 306 g/mol. The van der Waals surface area contributed by atoms with Gasteiger partial charge in [0.2, 0.25) is 10.0 Å². The number of nitrogens with zero attached hydrogens (tertiary/aromatic N) is 1. The predicted molar refractivity (Wildman–Crippen MR) is 84.6 cm³/mol. The molecule has 1 fully saturated rings. The SMILES string of the molecule is COc1cccc(NC(=O)NC2CCN(S(C)(=O)=O)CC2)c1. The zero-order chi connectivity index (χ0) is 16.2. The number of hydrogen-bond acceptors (Lipinski definition) is 4. The summed E-state index contributed by atoms with van der Waals surface area (Å²) >= 11 is 0. The summed E-state index contributed by atoms with van der Waals surface area (Å²) in [5.41, 5.74) is 0.644. The second-order valence-corrected chi connectivity index (χ2v) is 7.25. The second kappa shape index (κ2) is 6.97. The van der Waals surface area contributed by atoms with Crippen molar-refractivity contribution in [2.45, 2.75) is 18.9 Å². The van der Waals surface area contributed by atoms with E-state index in [-0.39, 0.29) is 12.1 Å². The van der Waals surface area contributed by atoms with Crippen molar-refractivity contribution >= 4 is 21.7 Å². The fourth-order valence-electron chi connectivity index (χ4n) is 2.39. The fourth-order valence-corrected chi connectivity index (χ4v) is 3.26. The van der Waals surface area contributed by atoms with Crippen molar-refractivity contribution in [3.05, 3.63) is 24.3 Å². The highest BCUT2D eigenvalue weighted by molar-refractivity contribution is 7.88. The van der Waals surface area contributed by atoms with Crippen molar-refractivity contribution in [3.8, 4) is 5.75 Å². The molecule has 0 aliphatic carbocycles. The first-order valence-electron chi connectivity index (χ1n) is 7.05. The molecule has 1 heterocycles. The number of benzene rings is 1. The van der Waals surface area contributed by atoms with Crippen molar-refractivity contribution in [2.24, 2.45) is 0 Å². The van der Waals surface area contributed by atoms with Crippen LogP contribution < -0.4 is 15.4 Å². The lowest BCUT2D eigenvalue weighted by Crippen LogP contribution is -2.47. The van der Waals surface area contributed by atoms with Crippen molar-refractivity contribution < 1.29 is 17.9 Å². The highest BCUT2D eigenvalue weighted by Gasteiger charge is 2.25. The normalized spacial score (nSPS) is 17.0. The summed E-state index contributed by atoms with van der Waals surface area (Å²) in [6.45, 7) is 0.867. The Morgan fingerprint density at radius 2 is 2.00 bits per heavy atom. The van der Waals surface area contributed by atoms with Crippen LogP contribution in [-0.4, -0.2) is 51.3 Å². The van der Waals surface area contributed by atoms with Gasteiger partial charge in [0.15, 0.2) is 0 Å². The first-order valence-corrected chi connectivity index (χ1v) is 8.90. The molecular formula is C14H21N3O4S. The molecule has 1 aromatic carbocycles. The zero-order valence-corrected chi connectivity index (χ0v) is 13.5. The van der Waals surface area contributed by atoms with E-state index in [0.29, 0.717) is 37.4 Å². The summed E-state index contributed by atoms with van der Waals surface area (Å²) in [7, 11) is -1.58. The summed E-state index contributed by atoms with van der Waals surface area (Å²) < 4.78 is 29.4. The van der Waals surface area contributed by atoms with Gasteiger partial charge < -0.3 is 15.4 Å². The lowest BCUT2D eigenvalue weighted by atomic mass is 10.1. The first kappa shape index (κ1) is 16.6. The smallest absolute Gasteiger partial charge is 0.319 e. The summed E-state index contributed by atoms with van der Waals surface area (Å²) in [5.74, 6) is 0.666. The van der Waals surface area contributed by atoms with Crippen LogP contribution in [0.25, 0.3) is 0 Å². The number of nitrogens with one attached hydrogen (secondary N) is 2. The van der Waals surface area contributed by atoms with Gasteiger partial charge >= 0.3 is 6.03 Å². The lowest BCUT2D eigenvalue weighted by Gasteiger charge is -2.30. The molecule has 1 aliphatic rings. The number of anilines is 1. The van der Waals surface area contributed by atoms with Gasteiger partial charge in [-0.3, -0.25) is 0 Å². The Hall–Kier alpha value is -1.80. The summed E-state index contributed by atoms with van der Waals surface area (Å²) in [6.07, 6.45) is 2.42. The molecule has 2 amide bonds. The molecule has 1 aliphatic heterocycles. The van der Waals surface area contributed by atoms with E-state index >= 15 is 0 Å². The molecule has 7 nitrogen and oxygen atoms in total. The van der Waals surface area contributed by atoms with Crippen molar-refractivity contribution in [1.29, 1.82) is 0 Å². The Morgan fingerprint density at radius 3 is 2.59 bits per heavy atom. The van der Waals surface area contributed by atoms with Crippen LogP contribution >= 0.6 is 0 Å². The number of urea groups is 1. The van der Waals surface area contributed by atoms with Gasteiger partial charge in [-0.15, -0.1) is 0 Å². The number of amides is 2. The molecule has 0 aromatic heterocycles. The second-order valence-electron chi connectivity index (χ2n) is 5.27. The summed E-state index contributed by atoms with van der Waals surface area (Å²) in [5, 5.41) is 5.61. The molecule has 1 aromatic rings. The van der Waals surface area contributed by atoms with Gasteiger partial charge in [-0.1, -0.05) is 6.07 Å². The number of carbonyl (C=O) groups is 1. The van der Waals surface area contributed by atoms with E-state index in [0.717, 1.165) is 0 Å². The molecule has 22 heavy (non-hydrogen) atoms.